The zero-order valence-electron chi connectivity index (χ0n) is 22.8. The Bertz CT molecular complexity index is 1130. The van der Waals surface area contributed by atoms with E-state index >= 15 is 0 Å². The highest BCUT2D eigenvalue weighted by molar-refractivity contribution is 5.94. The lowest BCUT2D eigenvalue weighted by molar-refractivity contribution is -0.137. The molecule has 202 valence electrons. The predicted octanol–water partition coefficient (Wildman–Crippen LogP) is 8.85. The summed E-state index contributed by atoms with van der Waals surface area (Å²) in [5.41, 5.74) is 4.88. The smallest absolute Gasteiger partial charge is 0.295 e. The Hall–Kier alpha value is -3.44. The van der Waals surface area contributed by atoms with E-state index in [1.165, 1.54) is 23.3 Å². The third-order valence-corrected chi connectivity index (χ3v) is 6.41. The molecule has 3 aromatic rings. The summed E-state index contributed by atoms with van der Waals surface area (Å²) in [6.07, 6.45) is -1.72. The van der Waals surface area contributed by atoms with E-state index in [0.29, 0.717) is 19.0 Å². The highest BCUT2D eigenvalue weighted by atomic mass is 19.4. The first-order chi connectivity index (χ1) is 18.1. The van der Waals surface area contributed by atoms with Crippen molar-refractivity contribution in [1.82, 2.24) is 4.90 Å². The fraction of sp³-hybridized carbons (Fsp3) is 0.303. The van der Waals surface area contributed by atoms with E-state index in [9.17, 15) is 18.0 Å². The first-order valence-corrected chi connectivity index (χ1v) is 12.8. The molecule has 0 aliphatic carbocycles. The van der Waals surface area contributed by atoms with Gasteiger partial charge in [-0.05, 0) is 56.0 Å². The molecule has 1 aliphatic heterocycles. The summed E-state index contributed by atoms with van der Waals surface area (Å²) in [5.74, 6) is 0.557. The van der Waals surface area contributed by atoms with Gasteiger partial charge in [0.2, 0.25) is 0 Å². The molecule has 0 aromatic heterocycles. The molecule has 3 aromatic carbocycles. The second kappa shape index (κ2) is 15.1. The van der Waals surface area contributed by atoms with Crippen molar-refractivity contribution < 1.29 is 18.0 Å². The zero-order chi connectivity index (χ0) is 28.1. The van der Waals surface area contributed by atoms with Gasteiger partial charge in [-0.25, -0.2) is 0 Å². The Morgan fingerprint density at radius 3 is 1.84 bits per heavy atom. The van der Waals surface area contributed by atoms with Crippen molar-refractivity contribution in [2.45, 2.75) is 52.8 Å². The molecule has 2 nitrogen and oxygen atoms in total. The van der Waals surface area contributed by atoms with Crippen LogP contribution < -0.4 is 0 Å². The minimum absolute atomic E-state index is 0.0737. The van der Waals surface area contributed by atoms with Gasteiger partial charge in [-0.15, -0.1) is 6.58 Å². The van der Waals surface area contributed by atoms with Crippen LogP contribution in [-0.2, 0) is 17.5 Å². The van der Waals surface area contributed by atoms with Crippen molar-refractivity contribution in [2.75, 3.05) is 13.1 Å². The maximum atomic E-state index is 12.5. The first kappa shape index (κ1) is 30.8. The van der Waals surface area contributed by atoms with Crippen LogP contribution in [0.5, 0.6) is 0 Å². The van der Waals surface area contributed by atoms with Crippen LogP contribution in [0.15, 0.2) is 109 Å². The number of Topliss-reactive ketones (excluding diaryl/α,β-unsaturated/α-hetero) is 1. The second-order valence-corrected chi connectivity index (χ2v) is 9.42. The van der Waals surface area contributed by atoms with Crippen molar-refractivity contribution in [1.29, 1.82) is 0 Å². The van der Waals surface area contributed by atoms with Crippen LogP contribution in [0, 0.1) is 0 Å². The van der Waals surface area contributed by atoms with Crippen LogP contribution in [0.2, 0.25) is 0 Å². The topological polar surface area (TPSA) is 20.3 Å². The van der Waals surface area contributed by atoms with Crippen LogP contribution in [0.3, 0.4) is 0 Å². The van der Waals surface area contributed by atoms with Crippen molar-refractivity contribution in [3.8, 4) is 0 Å². The Balaban J connectivity index is 0.000000257. The molecule has 0 fully saturated rings. The lowest BCUT2D eigenvalue weighted by Gasteiger charge is -2.29. The van der Waals surface area contributed by atoms with E-state index in [1.54, 1.807) is 13.0 Å². The van der Waals surface area contributed by atoms with Crippen molar-refractivity contribution in [3.63, 3.8) is 0 Å². The molecule has 0 amide bonds. The molecule has 0 N–H and O–H groups in total. The highest BCUT2D eigenvalue weighted by Gasteiger charge is 2.30. The van der Waals surface area contributed by atoms with E-state index < -0.39 is 11.7 Å². The summed E-state index contributed by atoms with van der Waals surface area (Å²) in [7, 11) is 0. The van der Waals surface area contributed by atoms with E-state index in [0.717, 1.165) is 41.8 Å². The van der Waals surface area contributed by atoms with Crippen LogP contribution in [-0.4, -0.2) is 23.8 Å². The third kappa shape index (κ3) is 9.79. The van der Waals surface area contributed by atoms with Gasteiger partial charge in [-0.3, -0.25) is 9.69 Å². The zero-order valence-corrected chi connectivity index (χ0v) is 22.8. The van der Waals surface area contributed by atoms with Crippen LogP contribution in [0.25, 0.3) is 0 Å². The minimum atomic E-state index is -4.30. The minimum Gasteiger partial charge on any atom is -0.295 e. The second-order valence-electron chi connectivity index (χ2n) is 9.42. The summed E-state index contributed by atoms with van der Waals surface area (Å²) in [5, 5.41) is 0. The normalized spacial score (nSPS) is 13.7. The molecule has 0 bridgehead atoms. The lowest BCUT2D eigenvalue weighted by atomic mass is 9.93. The van der Waals surface area contributed by atoms with Crippen molar-refractivity contribution in [3.05, 3.63) is 131 Å². The van der Waals surface area contributed by atoms with Gasteiger partial charge in [0.05, 0.1) is 5.56 Å². The van der Waals surface area contributed by atoms with Gasteiger partial charge in [0, 0.05) is 31.1 Å². The van der Waals surface area contributed by atoms with Gasteiger partial charge in [0.25, 0.3) is 0 Å². The number of alkyl halides is 3. The first-order valence-electron chi connectivity index (χ1n) is 12.8. The number of ketones is 1. The number of carbonyl (C=O) groups is 1. The summed E-state index contributed by atoms with van der Waals surface area (Å²) < 4.78 is 37.5. The molecule has 5 heteroatoms. The Morgan fingerprint density at radius 1 is 0.947 bits per heavy atom. The Morgan fingerprint density at radius 2 is 1.42 bits per heavy atom. The number of benzene rings is 3. The highest BCUT2D eigenvalue weighted by Crippen LogP contribution is 2.29. The molecule has 1 heterocycles. The number of rotatable bonds is 5. The quantitative estimate of drug-likeness (QED) is 0.313. The SMILES string of the molecule is C=CC.CC(=O)C1=C(C)CCN(Cc2ccc(C(F)(F)F)cc2)C1.CC(c1ccccc1)c1ccccc1. The van der Waals surface area contributed by atoms with Gasteiger partial charge in [-0.1, -0.05) is 91.4 Å². The molecule has 38 heavy (non-hydrogen) atoms. The average Bonchev–Trinajstić information content (AvgIpc) is 2.91. The molecule has 0 spiro atoms. The summed E-state index contributed by atoms with van der Waals surface area (Å²) in [6.45, 7) is 13.0. The fourth-order valence-corrected chi connectivity index (χ4v) is 4.19. The standard InChI is InChI=1S/C16H18F3NO.C14H14.C3H6/c1-11-7-8-20(10-15(11)12(2)21)9-13-3-5-14(6-4-13)16(17,18)19;1-12(13-8-4-2-5-9-13)14-10-6-3-7-11-14;1-3-2/h3-6H,7-10H2,1-2H3;2-12H,1H3;3H,1H2,2H3. The summed E-state index contributed by atoms with van der Waals surface area (Å²) in [4.78, 5) is 13.6. The maximum absolute atomic E-state index is 12.5. The van der Waals surface area contributed by atoms with Crippen molar-refractivity contribution in [2.24, 2.45) is 0 Å². The molecular formula is C33H38F3NO. The molecule has 1 aliphatic rings. The predicted molar refractivity (Wildman–Crippen MR) is 151 cm³/mol. The van der Waals surface area contributed by atoms with E-state index in [1.807, 2.05) is 13.8 Å². The van der Waals surface area contributed by atoms with Crippen LogP contribution in [0.1, 0.15) is 62.3 Å². The van der Waals surface area contributed by atoms with Crippen LogP contribution in [0.4, 0.5) is 13.2 Å². The number of nitrogens with zero attached hydrogens (tertiary/aromatic N) is 1. The lowest BCUT2D eigenvalue weighted by Crippen LogP contribution is -2.32. The number of hydrogen-bond donors (Lipinski definition) is 0. The third-order valence-electron chi connectivity index (χ3n) is 6.41. The van der Waals surface area contributed by atoms with Gasteiger partial charge in [0.1, 0.15) is 0 Å². The molecule has 0 saturated heterocycles. The van der Waals surface area contributed by atoms with E-state index in [4.69, 9.17) is 0 Å². The molecule has 4 rings (SSSR count). The molecule has 0 unspecified atom stereocenters. The van der Waals surface area contributed by atoms with Gasteiger partial charge >= 0.3 is 6.18 Å². The molecular weight excluding hydrogens is 483 g/mol. The molecule has 0 atom stereocenters. The molecule has 0 radical (unpaired) electrons. The van der Waals surface area contributed by atoms with Gasteiger partial charge in [0.15, 0.2) is 5.78 Å². The number of hydrogen-bond acceptors (Lipinski definition) is 2. The number of carbonyl (C=O) groups excluding carboxylic acids is 1. The summed E-state index contributed by atoms with van der Waals surface area (Å²) >= 11 is 0. The van der Waals surface area contributed by atoms with Gasteiger partial charge < -0.3 is 0 Å². The van der Waals surface area contributed by atoms with Gasteiger partial charge in [-0.2, -0.15) is 13.2 Å². The van der Waals surface area contributed by atoms with E-state index in [2.05, 4.69) is 79.1 Å². The largest absolute Gasteiger partial charge is 0.416 e. The number of halogens is 3. The Kier molecular flexibility index (Phi) is 12.2. The number of allylic oxidation sites excluding steroid dienone is 1. The van der Waals surface area contributed by atoms with Crippen LogP contribution >= 0.6 is 0 Å². The Labute approximate surface area is 225 Å². The maximum Gasteiger partial charge on any atom is 0.416 e. The molecule has 0 saturated carbocycles. The fourth-order valence-electron chi connectivity index (χ4n) is 4.19. The van der Waals surface area contributed by atoms with E-state index in [-0.39, 0.29) is 5.78 Å². The van der Waals surface area contributed by atoms with Crippen molar-refractivity contribution >= 4 is 5.78 Å². The summed E-state index contributed by atoms with van der Waals surface area (Å²) in [6, 6.07) is 26.4. The monoisotopic (exact) mass is 521 g/mol. The average molecular weight is 522 g/mol.